The number of rotatable bonds is 4. The highest BCUT2D eigenvalue weighted by Gasteiger charge is 2.36. The highest BCUT2D eigenvalue weighted by Crippen LogP contribution is 2.37. The van der Waals surface area contributed by atoms with E-state index >= 15 is 0 Å². The molecule has 3 rings (SSSR count). The quantitative estimate of drug-likeness (QED) is 0.897. The van der Waals surface area contributed by atoms with Crippen LogP contribution < -0.4 is 5.73 Å². The van der Waals surface area contributed by atoms with Crippen molar-refractivity contribution in [2.24, 2.45) is 5.73 Å². The van der Waals surface area contributed by atoms with Gasteiger partial charge in [-0.3, -0.25) is 9.59 Å². The van der Waals surface area contributed by atoms with Gasteiger partial charge in [-0.1, -0.05) is 24.3 Å². The fourth-order valence-electron chi connectivity index (χ4n) is 3.74. The first-order chi connectivity index (χ1) is 12.9. The van der Waals surface area contributed by atoms with Crippen LogP contribution in [-0.4, -0.2) is 36.2 Å². The maximum absolute atomic E-state index is 14.5. The Morgan fingerprint density at radius 1 is 1.07 bits per heavy atom. The van der Waals surface area contributed by atoms with E-state index in [-0.39, 0.29) is 18.2 Å². The molecule has 6 heteroatoms. The van der Waals surface area contributed by atoms with E-state index in [2.05, 4.69) is 0 Å². The van der Waals surface area contributed by atoms with Gasteiger partial charge in [-0.25, -0.2) is 8.78 Å². The minimum Gasteiger partial charge on any atom is -0.335 e. The van der Waals surface area contributed by atoms with Crippen LogP contribution in [0.1, 0.15) is 35.1 Å². The molecule has 1 amide bonds. The summed E-state index contributed by atoms with van der Waals surface area (Å²) in [7, 11) is 1.51. The van der Waals surface area contributed by atoms with Gasteiger partial charge in [0.1, 0.15) is 11.6 Å². The standard InChI is InChI=1S/C21H22F2N2O2/c1-12(25(2)19(26)11-24)21(27)20-15-5-3-7-17(22)13(15)9-10-14-16(20)6-4-8-18(14)23/h3-8,12,20H,9-11,24H2,1-2H3. The summed E-state index contributed by atoms with van der Waals surface area (Å²) in [6.45, 7) is 1.40. The molecule has 142 valence electrons. The Balaban J connectivity index is 2.16. The van der Waals surface area contributed by atoms with Crippen molar-refractivity contribution in [3.8, 4) is 0 Å². The van der Waals surface area contributed by atoms with Crippen molar-refractivity contribution in [2.75, 3.05) is 13.6 Å². The molecule has 0 spiro atoms. The number of nitrogens with two attached hydrogens (primary N) is 1. The molecule has 27 heavy (non-hydrogen) atoms. The third-order valence-corrected chi connectivity index (χ3v) is 5.40. The second-order valence-corrected chi connectivity index (χ2v) is 6.84. The van der Waals surface area contributed by atoms with Crippen LogP contribution in [0.25, 0.3) is 0 Å². The summed E-state index contributed by atoms with van der Waals surface area (Å²) < 4.78 is 28.9. The molecule has 4 nitrogen and oxygen atoms in total. The number of fused-ring (bicyclic) bond motifs is 2. The van der Waals surface area contributed by atoms with E-state index in [1.165, 1.54) is 24.1 Å². The van der Waals surface area contributed by atoms with Gasteiger partial charge in [-0.15, -0.1) is 0 Å². The van der Waals surface area contributed by atoms with Crippen LogP contribution in [0, 0.1) is 11.6 Å². The topological polar surface area (TPSA) is 63.4 Å². The molecule has 0 radical (unpaired) electrons. The van der Waals surface area contributed by atoms with E-state index in [1.54, 1.807) is 31.2 Å². The van der Waals surface area contributed by atoms with Crippen molar-refractivity contribution >= 4 is 11.7 Å². The second kappa shape index (κ2) is 7.56. The molecule has 2 aromatic carbocycles. The molecule has 1 aliphatic rings. The number of nitrogens with zero attached hydrogens (tertiary/aromatic N) is 1. The molecule has 0 saturated heterocycles. The van der Waals surface area contributed by atoms with Crippen LogP contribution >= 0.6 is 0 Å². The summed E-state index contributed by atoms with van der Waals surface area (Å²) in [5.74, 6) is -2.31. The molecule has 0 bridgehead atoms. The molecule has 2 N–H and O–H groups in total. The molecular formula is C21H22F2N2O2. The number of amides is 1. The lowest BCUT2D eigenvalue weighted by atomic mass is 9.82. The maximum atomic E-state index is 14.5. The van der Waals surface area contributed by atoms with Crippen LogP contribution in [0.15, 0.2) is 36.4 Å². The molecule has 0 saturated carbocycles. The van der Waals surface area contributed by atoms with Gasteiger partial charge in [0.25, 0.3) is 0 Å². The van der Waals surface area contributed by atoms with Crippen molar-refractivity contribution in [1.29, 1.82) is 0 Å². The first kappa shape index (κ1) is 19.2. The van der Waals surface area contributed by atoms with Gasteiger partial charge in [0.15, 0.2) is 5.78 Å². The van der Waals surface area contributed by atoms with Crippen LogP contribution in [0.5, 0.6) is 0 Å². The van der Waals surface area contributed by atoms with E-state index in [4.69, 9.17) is 5.73 Å². The molecular weight excluding hydrogens is 350 g/mol. The summed E-state index contributed by atoms with van der Waals surface area (Å²) >= 11 is 0. The molecule has 2 aromatic rings. The number of ketones is 1. The fourth-order valence-corrected chi connectivity index (χ4v) is 3.74. The van der Waals surface area contributed by atoms with Crippen molar-refractivity contribution in [3.05, 3.63) is 70.3 Å². The van der Waals surface area contributed by atoms with Gasteiger partial charge in [0.2, 0.25) is 5.91 Å². The Kier molecular flexibility index (Phi) is 5.37. The van der Waals surface area contributed by atoms with Gasteiger partial charge in [-0.05, 0) is 54.2 Å². The average Bonchev–Trinajstić information content (AvgIpc) is 2.84. The first-order valence-corrected chi connectivity index (χ1v) is 8.90. The van der Waals surface area contributed by atoms with Gasteiger partial charge in [-0.2, -0.15) is 0 Å². The number of hydrogen-bond donors (Lipinski definition) is 1. The summed E-state index contributed by atoms with van der Waals surface area (Å²) in [6.07, 6.45) is 0.622. The number of carbonyl (C=O) groups excluding carboxylic acids is 2. The number of halogens is 2. The highest BCUT2D eigenvalue weighted by atomic mass is 19.1. The van der Waals surface area contributed by atoms with E-state index < -0.39 is 23.6 Å². The van der Waals surface area contributed by atoms with Crippen molar-refractivity contribution in [1.82, 2.24) is 4.90 Å². The zero-order chi connectivity index (χ0) is 19.7. The first-order valence-electron chi connectivity index (χ1n) is 8.90. The largest absolute Gasteiger partial charge is 0.335 e. The fraction of sp³-hybridized carbons (Fsp3) is 0.333. The molecule has 0 fully saturated rings. The van der Waals surface area contributed by atoms with E-state index in [1.807, 2.05) is 0 Å². The Bertz CT molecular complexity index is 844. The van der Waals surface area contributed by atoms with E-state index in [9.17, 15) is 18.4 Å². The molecule has 1 unspecified atom stereocenters. The lowest BCUT2D eigenvalue weighted by Gasteiger charge is -2.28. The van der Waals surface area contributed by atoms with Gasteiger partial charge >= 0.3 is 0 Å². The van der Waals surface area contributed by atoms with Crippen LogP contribution in [0.2, 0.25) is 0 Å². The summed E-state index contributed by atoms with van der Waals surface area (Å²) in [4.78, 5) is 26.6. The molecule has 1 atom stereocenters. The number of likely N-dealkylation sites (N-methyl/N-ethyl adjacent to an activating group) is 1. The minimum absolute atomic E-state index is 0.213. The number of Topliss-reactive ketones (excluding diaryl/α,β-unsaturated/α-hetero) is 1. The van der Waals surface area contributed by atoms with Crippen molar-refractivity contribution in [3.63, 3.8) is 0 Å². The molecule has 0 aromatic heterocycles. The predicted molar refractivity (Wildman–Crippen MR) is 98.3 cm³/mol. The van der Waals surface area contributed by atoms with Gasteiger partial charge < -0.3 is 10.6 Å². The lowest BCUT2D eigenvalue weighted by molar-refractivity contribution is -0.136. The number of benzene rings is 2. The Morgan fingerprint density at radius 3 is 2.00 bits per heavy atom. The average molecular weight is 372 g/mol. The van der Waals surface area contributed by atoms with Gasteiger partial charge in [0, 0.05) is 7.05 Å². The second-order valence-electron chi connectivity index (χ2n) is 6.84. The normalized spacial score (nSPS) is 14.7. The smallest absolute Gasteiger partial charge is 0.236 e. The SMILES string of the molecule is CC(C(=O)C1c2cccc(F)c2CCc2c(F)cccc21)N(C)C(=O)CN. The summed E-state index contributed by atoms with van der Waals surface area (Å²) in [5, 5.41) is 0. The monoisotopic (exact) mass is 372 g/mol. The van der Waals surface area contributed by atoms with Crippen molar-refractivity contribution < 1.29 is 18.4 Å². The Labute approximate surface area is 157 Å². The third kappa shape index (κ3) is 3.37. The predicted octanol–water partition coefficient (Wildman–Crippen LogP) is 2.57. The zero-order valence-electron chi connectivity index (χ0n) is 15.3. The van der Waals surface area contributed by atoms with Crippen LogP contribution in [0.4, 0.5) is 8.78 Å². The van der Waals surface area contributed by atoms with Crippen LogP contribution in [-0.2, 0) is 22.4 Å². The van der Waals surface area contributed by atoms with Crippen molar-refractivity contribution in [2.45, 2.75) is 31.7 Å². The summed E-state index contributed by atoms with van der Waals surface area (Å²) in [5.41, 5.74) is 7.32. The van der Waals surface area contributed by atoms with E-state index in [0.29, 0.717) is 35.1 Å². The Morgan fingerprint density at radius 2 is 1.56 bits per heavy atom. The lowest BCUT2D eigenvalue weighted by Crippen LogP contribution is -2.45. The van der Waals surface area contributed by atoms with Crippen LogP contribution in [0.3, 0.4) is 0 Å². The number of hydrogen-bond acceptors (Lipinski definition) is 3. The number of carbonyl (C=O) groups is 2. The highest BCUT2D eigenvalue weighted by molar-refractivity contribution is 5.96. The van der Waals surface area contributed by atoms with E-state index in [0.717, 1.165) is 0 Å². The maximum Gasteiger partial charge on any atom is 0.236 e. The minimum atomic E-state index is -0.841. The summed E-state index contributed by atoms with van der Waals surface area (Å²) in [6, 6.07) is 8.43. The van der Waals surface area contributed by atoms with Gasteiger partial charge in [0.05, 0.1) is 18.5 Å². The zero-order valence-corrected chi connectivity index (χ0v) is 15.3. The molecule has 1 aliphatic carbocycles. The Hall–Kier alpha value is -2.60. The third-order valence-electron chi connectivity index (χ3n) is 5.40. The molecule has 0 aliphatic heterocycles. The molecule has 0 heterocycles.